The maximum absolute atomic E-state index is 12.6. The van der Waals surface area contributed by atoms with Crippen molar-refractivity contribution in [2.45, 2.75) is 32.2 Å². The van der Waals surface area contributed by atoms with E-state index in [1.165, 1.54) is 19.3 Å². The van der Waals surface area contributed by atoms with E-state index < -0.39 is 0 Å². The molecule has 0 spiro atoms. The number of fused-ring (bicyclic) bond motifs is 2. The molecule has 1 amide bonds. The summed E-state index contributed by atoms with van der Waals surface area (Å²) in [6.45, 7) is 0.546. The monoisotopic (exact) mass is 258 g/mol. The van der Waals surface area contributed by atoms with Crippen LogP contribution in [0.4, 0.5) is 5.69 Å². The van der Waals surface area contributed by atoms with E-state index in [1.807, 2.05) is 36.2 Å². The van der Waals surface area contributed by atoms with Gasteiger partial charge in [0.1, 0.15) is 0 Å². The minimum absolute atomic E-state index is 0.262. The topological polar surface area (TPSA) is 46.3 Å². The molecule has 0 aliphatic heterocycles. The number of carbonyl (C=O) groups is 1. The van der Waals surface area contributed by atoms with Gasteiger partial charge < -0.3 is 10.6 Å². The predicted molar refractivity (Wildman–Crippen MR) is 76.7 cm³/mol. The molecule has 102 valence electrons. The van der Waals surface area contributed by atoms with Crippen LogP contribution in [0.25, 0.3) is 0 Å². The van der Waals surface area contributed by atoms with Gasteiger partial charge in [-0.2, -0.15) is 0 Å². The molecule has 3 unspecified atom stereocenters. The maximum Gasteiger partial charge on any atom is 0.230 e. The van der Waals surface area contributed by atoms with Crippen molar-refractivity contribution in [2.24, 2.45) is 23.5 Å². The molecule has 2 fully saturated rings. The molecule has 2 aliphatic rings. The zero-order valence-electron chi connectivity index (χ0n) is 11.5. The number of benzene rings is 1. The van der Waals surface area contributed by atoms with Gasteiger partial charge in [-0.15, -0.1) is 0 Å². The van der Waals surface area contributed by atoms with Gasteiger partial charge in [0.05, 0.1) is 0 Å². The Hall–Kier alpha value is -1.35. The van der Waals surface area contributed by atoms with Crippen LogP contribution < -0.4 is 10.6 Å². The largest absolute Gasteiger partial charge is 0.326 e. The molecule has 0 heterocycles. The first kappa shape index (κ1) is 12.7. The van der Waals surface area contributed by atoms with Crippen molar-refractivity contribution >= 4 is 11.6 Å². The minimum Gasteiger partial charge on any atom is -0.326 e. The lowest BCUT2D eigenvalue weighted by atomic mass is 9.88. The van der Waals surface area contributed by atoms with Gasteiger partial charge in [0.15, 0.2) is 0 Å². The van der Waals surface area contributed by atoms with E-state index in [4.69, 9.17) is 5.73 Å². The predicted octanol–water partition coefficient (Wildman–Crippen LogP) is 2.54. The molecule has 3 heteroatoms. The van der Waals surface area contributed by atoms with Crippen LogP contribution in [0.5, 0.6) is 0 Å². The van der Waals surface area contributed by atoms with Crippen molar-refractivity contribution in [1.29, 1.82) is 0 Å². The van der Waals surface area contributed by atoms with E-state index in [1.54, 1.807) is 0 Å². The van der Waals surface area contributed by atoms with Gasteiger partial charge in [0, 0.05) is 25.2 Å². The summed E-state index contributed by atoms with van der Waals surface area (Å²) < 4.78 is 0. The third-order valence-electron chi connectivity index (χ3n) is 4.95. The molecule has 1 aromatic carbocycles. The molecule has 3 nitrogen and oxygen atoms in total. The van der Waals surface area contributed by atoms with Crippen molar-refractivity contribution in [3.8, 4) is 0 Å². The first-order valence-electron chi connectivity index (χ1n) is 7.25. The second kappa shape index (κ2) is 4.97. The molecule has 2 N–H and O–H groups in total. The Balaban J connectivity index is 1.72. The van der Waals surface area contributed by atoms with E-state index in [9.17, 15) is 4.79 Å². The summed E-state index contributed by atoms with van der Waals surface area (Å²) >= 11 is 0. The Morgan fingerprint density at radius 2 is 2.00 bits per heavy atom. The lowest BCUT2D eigenvalue weighted by molar-refractivity contribution is -0.123. The fourth-order valence-corrected chi connectivity index (χ4v) is 3.78. The smallest absolute Gasteiger partial charge is 0.230 e. The summed E-state index contributed by atoms with van der Waals surface area (Å²) in [5, 5.41) is 0. The number of hydrogen-bond acceptors (Lipinski definition) is 2. The number of hydrogen-bond donors (Lipinski definition) is 1. The Morgan fingerprint density at radius 1 is 1.26 bits per heavy atom. The van der Waals surface area contributed by atoms with Crippen molar-refractivity contribution in [3.63, 3.8) is 0 Å². The van der Waals surface area contributed by atoms with Gasteiger partial charge >= 0.3 is 0 Å². The van der Waals surface area contributed by atoms with Gasteiger partial charge in [0.25, 0.3) is 0 Å². The zero-order valence-corrected chi connectivity index (χ0v) is 11.5. The summed E-state index contributed by atoms with van der Waals surface area (Å²) in [5.41, 5.74) is 7.67. The quantitative estimate of drug-likeness (QED) is 0.905. The van der Waals surface area contributed by atoms with Gasteiger partial charge in [-0.05, 0) is 48.8 Å². The molecule has 2 saturated carbocycles. The zero-order chi connectivity index (χ0) is 13.4. The van der Waals surface area contributed by atoms with Crippen LogP contribution in [0.1, 0.15) is 31.2 Å². The third kappa shape index (κ3) is 2.27. The molecule has 1 aromatic rings. The van der Waals surface area contributed by atoms with Crippen molar-refractivity contribution in [3.05, 3.63) is 29.8 Å². The molecule has 2 aliphatic carbocycles. The minimum atomic E-state index is 0.262. The summed E-state index contributed by atoms with van der Waals surface area (Å²) in [4.78, 5) is 14.4. The first-order chi connectivity index (χ1) is 9.19. The maximum atomic E-state index is 12.6. The number of rotatable bonds is 3. The lowest BCUT2D eigenvalue weighted by Crippen LogP contribution is -2.35. The number of nitrogens with two attached hydrogens (primary N) is 1. The molecule has 3 rings (SSSR count). The van der Waals surface area contributed by atoms with Crippen LogP contribution in [0, 0.1) is 17.8 Å². The molecular formula is C16H22N2O. The lowest BCUT2D eigenvalue weighted by Gasteiger charge is -2.26. The Labute approximate surface area is 114 Å². The van der Waals surface area contributed by atoms with Gasteiger partial charge in [-0.25, -0.2) is 0 Å². The average Bonchev–Trinajstić information content (AvgIpc) is 3.08. The van der Waals surface area contributed by atoms with Gasteiger partial charge in [-0.3, -0.25) is 4.79 Å². The van der Waals surface area contributed by atoms with Crippen LogP contribution >= 0.6 is 0 Å². The van der Waals surface area contributed by atoms with Gasteiger partial charge in [-0.1, -0.05) is 18.6 Å². The summed E-state index contributed by atoms with van der Waals surface area (Å²) in [6, 6.07) is 7.99. The highest BCUT2D eigenvalue weighted by Crippen LogP contribution is 2.49. The molecule has 0 radical (unpaired) electrons. The third-order valence-corrected chi connectivity index (χ3v) is 4.95. The van der Waals surface area contributed by atoms with Crippen LogP contribution in [0.3, 0.4) is 0 Å². The van der Waals surface area contributed by atoms with Gasteiger partial charge in [0.2, 0.25) is 5.91 Å². The van der Waals surface area contributed by atoms with Crippen molar-refractivity contribution < 1.29 is 4.79 Å². The Morgan fingerprint density at radius 3 is 2.53 bits per heavy atom. The number of carbonyl (C=O) groups excluding carboxylic acids is 1. The average molecular weight is 258 g/mol. The highest BCUT2D eigenvalue weighted by molar-refractivity contribution is 5.95. The van der Waals surface area contributed by atoms with Crippen molar-refractivity contribution in [1.82, 2.24) is 0 Å². The van der Waals surface area contributed by atoms with Crippen LogP contribution in [0.15, 0.2) is 24.3 Å². The second-order valence-corrected chi connectivity index (χ2v) is 6.05. The van der Waals surface area contributed by atoms with E-state index >= 15 is 0 Å². The highest BCUT2D eigenvalue weighted by Gasteiger charge is 2.44. The van der Waals surface area contributed by atoms with Crippen LogP contribution in [0.2, 0.25) is 0 Å². The second-order valence-electron chi connectivity index (χ2n) is 6.05. The normalized spacial score (nSPS) is 28.6. The highest BCUT2D eigenvalue weighted by atomic mass is 16.2. The van der Waals surface area contributed by atoms with Crippen molar-refractivity contribution in [2.75, 3.05) is 11.9 Å². The Kier molecular flexibility index (Phi) is 3.31. The molecule has 2 bridgehead atoms. The summed E-state index contributed by atoms with van der Waals surface area (Å²) in [5.74, 6) is 2.01. The van der Waals surface area contributed by atoms with Crippen LogP contribution in [-0.4, -0.2) is 13.0 Å². The standard InChI is InChI=1S/C16H22N2O/c1-18(14-6-3-11(10-17)4-7-14)16(19)15-9-12-2-5-13(15)8-12/h3-4,6-7,12-13,15H,2,5,8-10,17H2,1H3. The van der Waals surface area contributed by atoms with Crippen LogP contribution in [-0.2, 0) is 11.3 Å². The molecular weight excluding hydrogens is 236 g/mol. The summed E-state index contributed by atoms with van der Waals surface area (Å²) in [6.07, 6.45) is 4.97. The Bertz CT molecular complexity index is 468. The number of anilines is 1. The first-order valence-corrected chi connectivity index (χ1v) is 7.25. The molecule has 0 aromatic heterocycles. The number of amides is 1. The van der Waals surface area contributed by atoms with E-state index in [0.29, 0.717) is 18.4 Å². The van der Waals surface area contributed by atoms with E-state index in [0.717, 1.165) is 23.6 Å². The molecule has 3 atom stereocenters. The van der Waals surface area contributed by atoms with E-state index in [2.05, 4.69) is 0 Å². The SMILES string of the molecule is CN(C(=O)C1CC2CCC1C2)c1ccc(CN)cc1. The molecule has 0 saturated heterocycles. The molecule has 19 heavy (non-hydrogen) atoms. The van der Waals surface area contributed by atoms with E-state index in [-0.39, 0.29) is 5.92 Å². The fraction of sp³-hybridized carbons (Fsp3) is 0.562. The summed E-state index contributed by atoms with van der Waals surface area (Å²) in [7, 11) is 1.89. The number of nitrogens with zero attached hydrogens (tertiary/aromatic N) is 1. The fourth-order valence-electron chi connectivity index (χ4n) is 3.78.